The third-order valence-electron chi connectivity index (χ3n) is 3.10. The molecule has 1 aromatic carbocycles. The van der Waals surface area contributed by atoms with Crippen molar-refractivity contribution in [3.8, 4) is 11.5 Å². The lowest BCUT2D eigenvalue weighted by Gasteiger charge is -2.14. The van der Waals surface area contributed by atoms with Crippen LogP contribution in [0.3, 0.4) is 0 Å². The maximum absolute atomic E-state index is 11.6. The number of phenols is 1. The molecule has 0 aromatic heterocycles. The number of carbonyl (C=O) groups is 2. The molecule has 2 rings (SSSR count). The van der Waals surface area contributed by atoms with Gasteiger partial charge in [0.1, 0.15) is 0 Å². The monoisotopic (exact) mass is 279 g/mol. The van der Waals surface area contributed by atoms with Crippen molar-refractivity contribution in [1.29, 1.82) is 0 Å². The lowest BCUT2D eigenvalue weighted by Crippen LogP contribution is -2.28. The first-order chi connectivity index (χ1) is 9.60. The number of rotatable bonds is 5. The van der Waals surface area contributed by atoms with Crippen molar-refractivity contribution in [3.63, 3.8) is 0 Å². The van der Waals surface area contributed by atoms with Crippen molar-refractivity contribution in [2.45, 2.75) is 25.7 Å². The molecule has 108 valence electrons. The summed E-state index contributed by atoms with van der Waals surface area (Å²) >= 11 is 0. The second kappa shape index (κ2) is 6.27. The maximum atomic E-state index is 11.6. The molecule has 1 aliphatic rings. The molecule has 0 atom stereocenters. The van der Waals surface area contributed by atoms with Gasteiger partial charge in [0.05, 0.1) is 20.1 Å². The first kappa shape index (κ1) is 14.2. The number of ether oxygens (including phenoxy) is 1. The summed E-state index contributed by atoms with van der Waals surface area (Å²) in [6.07, 6.45) is 1.78. The zero-order chi connectivity index (χ0) is 14.5. The van der Waals surface area contributed by atoms with Crippen LogP contribution in [-0.2, 0) is 20.8 Å². The van der Waals surface area contributed by atoms with Gasteiger partial charge in [-0.05, 0) is 30.5 Å². The largest absolute Gasteiger partial charge is 0.504 e. The molecular weight excluding hydrogens is 262 g/mol. The van der Waals surface area contributed by atoms with E-state index >= 15 is 0 Å². The van der Waals surface area contributed by atoms with E-state index in [0.717, 1.165) is 17.0 Å². The molecule has 0 unspecified atom stereocenters. The van der Waals surface area contributed by atoms with E-state index in [9.17, 15) is 14.7 Å². The van der Waals surface area contributed by atoms with Gasteiger partial charge in [-0.25, -0.2) is 4.79 Å². The fourth-order valence-corrected chi connectivity index (χ4v) is 2.01. The summed E-state index contributed by atoms with van der Waals surface area (Å²) in [5, 5.41) is 10.6. The molecule has 1 fully saturated rings. The molecule has 1 aromatic rings. The highest BCUT2D eigenvalue weighted by atomic mass is 16.7. The molecule has 0 spiro atoms. The Labute approximate surface area is 116 Å². The third-order valence-corrected chi connectivity index (χ3v) is 3.10. The van der Waals surface area contributed by atoms with Crippen LogP contribution >= 0.6 is 0 Å². The summed E-state index contributed by atoms with van der Waals surface area (Å²) in [6, 6.07) is 4.90. The number of nitrogens with zero attached hydrogens (tertiary/aromatic N) is 1. The maximum Gasteiger partial charge on any atom is 0.332 e. The predicted molar refractivity (Wildman–Crippen MR) is 70.0 cm³/mol. The van der Waals surface area contributed by atoms with Crippen LogP contribution in [0.5, 0.6) is 11.5 Å². The number of amides is 1. The minimum atomic E-state index is -0.438. The Hall–Kier alpha value is -2.24. The van der Waals surface area contributed by atoms with E-state index < -0.39 is 5.97 Å². The molecule has 6 nitrogen and oxygen atoms in total. The van der Waals surface area contributed by atoms with Crippen LogP contribution in [-0.4, -0.2) is 35.7 Å². The van der Waals surface area contributed by atoms with Crippen molar-refractivity contribution in [2.75, 3.05) is 13.7 Å². The number of hydrogen-bond donors (Lipinski definition) is 1. The molecule has 1 aliphatic heterocycles. The van der Waals surface area contributed by atoms with E-state index in [1.807, 2.05) is 0 Å². The lowest BCUT2D eigenvalue weighted by atomic mass is 10.1. The smallest absolute Gasteiger partial charge is 0.332 e. The number of benzene rings is 1. The van der Waals surface area contributed by atoms with Crippen LogP contribution in [0.4, 0.5) is 0 Å². The number of methoxy groups -OCH3 is 1. The number of carbonyl (C=O) groups excluding carboxylic acids is 2. The van der Waals surface area contributed by atoms with Crippen LogP contribution in [0.15, 0.2) is 18.2 Å². The van der Waals surface area contributed by atoms with Crippen molar-refractivity contribution in [2.24, 2.45) is 0 Å². The van der Waals surface area contributed by atoms with Gasteiger partial charge in [0, 0.05) is 6.42 Å². The molecule has 1 heterocycles. The molecule has 20 heavy (non-hydrogen) atoms. The number of aryl methyl sites for hydroxylation is 1. The van der Waals surface area contributed by atoms with Crippen LogP contribution in [0.1, 0.15) is 24.8 Å². The van der Waals surface area contributed by atoms with Gasteiger partial charge < -0.3 is 14.7 Å². The zero-order valence-corrected chi connectivity index (χ0v) is 11.3. The van der Waals surface area contributed by atoms with Crippen LogP contribution in [0, 0.1) is 0 Å². The molecule has 0 bridgehead atoms. The number of hydrogen-bond acceptors (Lipinski definition) is 5. The summed E-state index contributed by atoms with van der Waals surface area (Å²) in [7, 11) is 1.46. The van der Waals surface area contributed by atoms with Crippen LogP contribution in [0.25, 0.3) is 0 Å². The third kappa shape index (κ3) is 3.40. The number of aromatic hydroxyl groups is 1. The highest BCUT2D eigenvalue weighted by molar-refractivity contribution is 5.79. The molecule has 0 aliphatic carbocycles. The van der Waals surface area contributed by atoms with Crippen molar-refractivity contribution < 1.29 is 24.3 Å². The fraction of sp³-hybridized carbons (Fsp3) is 0.429. The van der Waals surface area contributed by atoms with Gasteiger partial charge in [0.15, 0.2) is 11.5 Å². The van der Waals surface area contributed by atoms with E-state index in [0.29, 0.717) is 25.1 Å². The summed E-state index contributed by atoms with van der Waals surface area (Å²) < 4.78 is 5.00. The minimum absolute atomic E-state index is 0.0569. The first-order valence-corrected chi connectivity index (χ1v) is 6.47. The van der Waals surface area contributed by atoms with Crippen molar-refractivity contribution in [1.82, 2.24) is 5.06 Å². The molecule has 1 saturated heterocycles. The first-order valence-electron chi connectivity index (χ1n) is 6.47. The molecule has 6 heteroatoms. The Balaban J connectivity index is 1.85. The van der Waals surface area contributed by atoms with Crippen molar-refractivity contribution in [3.05, 3.63) is 23.8 Å². The predicted octanol–water partition coefficient (Wildman–Crippen LogP) is 1.41. The normalized spacial score (nSPS) is 14.4. The highest BCUT2D eigenvalue weighted by Gasteiger charge is 2.23. The molecule has 0 radical (unpaired) electrons. The Morgan fingerprint density at radius 2 is 2.25 bits per heavy atom. The fourth-order valence-electron chi connectivity index (χ4n) is 2.01. The second-order valence-electron chi connectivity index (χ2n) is 4.57. The van der Waals surface area contributed by atoms with Crippen LogP contribution < -0.4 is 4.74 Å². The van der Waals surface area contributed by atoms with Gasteiger partial charge in [-0.1, -0.05) is 6.07 Å². The highest BCUT2D eigenvalue weighted by Crippen LogP contribution is 2.26. The Kier molecular flexibility index (Phi) is 4.45. The second-order valence-corrected chi connectivity index (χ2v) is 4.57. The quantitative estimate of drug-likeness (QED) is 0.882. The van der Waals surface area contributed by atoms with E-state index in [2.05, 4.69) is 0 Å². The van der Waals surface area contributed by atoms with Crippen molar-refractivity contribution >= 4 is 11.9 Å². The van der Waals surface area contributed by atoms with Gasteiger partial charge in [0.2, 0.25) is 0 Å². The van der Waals surface area contributed by atoms with Gasteiger partial charge in [-0.15, -0.1) is 0 Å². The number of phenolic OH excluding ortho intramolecular Hbond substituents is 1. The average Bonchev–Trinajstić information content (AvgIpc) is 2.83. The standard InChI is InChI=1S/C14H17NO5/c1-19-12-9-10(4-6-11(12)16)5-7-14(18)20-15-8-2-3-13(15)17/h4,6,9,16H,2-3,5,7-8H2,1H3. The Morgan fingerprint density at radius 3 is 2.90 bits per heavy atom. The van der Waals surface area contributed by atoms with Gasteiger partial charge in [-0.2, -0.15) is 5.06 Å². The SMILES string of the molecule is COc1cc(CCC(=O)ON2CCCC2=O)ccc1O. The summed E-state index contributed by atoms with van der Waals surface area (Å²) in [4.78, 5) is 27.9. The summed E-state index contributed by atoms with van der Waals surface area (Å²) in [5.41, 5.74) is 0.851. The van der Waals surface area contributed by atoms with E-state index in [4.69, 9.17) is 9.57 Å². The van der Waals surface area contributed by atoms with Gasteiger partial charge >= 0.3 is 5.97 Å². The zero-order valence-electron chi connectivity index (χ0n) is 11.3. The van der Waals surface area contributed by atoms with E-state index in [1.54, 1.807) is 12.1 Å². The Bertz CT molecular complexity index is 514. The van der Waals surface area contributed by atoms with Crippen LogP contribution in [0.2, 0.25) is 0 Å². The minimum Gasteiger partial charge on any atom is -0.504 e. The topological polar surface area (TPSA) is 76.1 Å². The lowest BCUT2D eigenvalue weighted by molar-refractivity contribution is -0.192. The molecule has 1 N–H and O–H groups in total. The molecular formula is C14H17NO5. The average molecular weight is 279 g/mol. The van der Waals surface area contributed by atoms with E-state index in [-0.39, 0.29) is 18.1 Å². The summed E-state index contributed by atoms with van der Waals surface area (Å²) in [5.74, 6) is -0.163. The Morgan fingerprint density at radius 1 is 1.45 bits per heavy atom. The summed E-state index contributed by atoms with van der Waals surface area (Å²) in [6.45, 7) is 0.470. The van der Waals surface area contributed by atoms with Gasteiger partial charge in [-0.3, -0.25) is 4.79 Å². The van der Waals surface area contributed by atoms with Gasteiger partial charge in [0.25, 0.3) is 5.91 Å². The number of hydroxylamine groups is 2. The van der Waals surface area contributed by atoms with E-state index in [1.165, 1.54) is 13.2 Å². The molecule has 1 amide bonds. The molecule has 0 saturated carbocycles.